The zero-order chi connectivity index (χ0) is 16.4. The molecule has 0 spiro atoms. The third kappa shape index (κ3) is 3.11. The zero-order valence-electron chi connectivity index (χ0n) is 13.3. The monoisotopic (exact) mass is 312 g/mol. The van der Waals surface area contributed by atoms with Crippen LogP contribution in [-0.2, 0) is 4.79 Å². The molecule has 1 aliphatic heterocycles. The second-order valence-corrected chi connectivity index (χ2v) is 5.76. The van der Waals surface area contributed by atoms with Crippen LogP contribution < -0.4 is 10.2 Å². The van der Waals surface area contributed by atoms with Gasteiger partial charge in [0, 0.05) is 23.5 Å². The largest absolute Gasteiger partial charge is 0.480 e. The smallest absolute Gasteiger partial charge is 0.326 e. The Balaban J connectivity index is 1.95. The van der Waals surface area contributed by atoms with Crippen molar-refractivity contribution in [3.8, 4) is 0 Å². The number of para-hydroxylation sites is 1. The van der Waals surface area contributed by atoms with E-state index in [2.05, 4.69) is 15.3 Å². The van der Waals surface area contributed by atoms with Gasteiger partial charge in [0.2, 0.25) is 5.95 Å². The molecule has 6 nitrogen and oxygen atoms in total. The molecule has 0 amide bonds. The number of aryl methyl sites for hydroxylation is 1. The Kier molecular flexibility index (Phi) is 4.14. The number of aliphatic carboxylic acids is 1. The summed E-state index contributed by atoms with van der Waals surface area (Å²) in [5, 5.41) is 12.6. The number of carboxylic acids is 1. The van der Waals surface area contributed by atoms with E-state index >= 15 is 0 Å². The minimum Gasteiger partial charge on any atom is -0.480 e. The second kappa shape index (κ2) is 6.24. The molecule has 1 fully saturated rings. The van der Waals surface area contributed by atoms with Crippen molar-refractivity contribution in [2.75, 3.05) is 16.8 Å². The van der Waals surface area contributed by atoms with Crippen LogP contribution in [0.15, 0.2) is 30.3 Å². The van der Waals surface area contributed by atoms with Crippen molar-refractivity contribution in [3.63, 3.8) is 0 Å². The SMILES string of the molecule is Cc1nc(Nc2ccccc2)nc(N2CCCC2C(=O)O)c1C. The predicted octanol–water partition coefficient (Wildman–Crippen LogP) is 2.89. The summed E-state index contributed by atoms with van der Waals surface area (Å²) in [4.78, 5) is 22.4. The first-order valence-corrected chi connectivity index (χ1v) is 7.73. The lowest BCUT2D eigenvalue weighted by Crippen LogP contribution is -2.37. The lowest BCUT2D eigenvalue weighted by atomic mass is 10.2. The third-order valence-corrected chi connectivity index (χ3v) is 4.20. The molecule has 2 aromatic rings. The van der Waals surface area contributed by atoms with E-state index in [9.17, 15) is 9.90 Å². The molecule has 1 aromatic carbocycles. The Labute approximate surface area is 135 Å². The number of carboxylic acid groups (broad SMARTS) is 1. The maximum Gasteiger partial charge on any atom is 0.326 e. The molecule has 2 heterocycles. The highest BCUT2D eigenvalue weighted by Crippen LogP contribution is 2.29. The first-order valence-electron chi connectivity index (χ1n) is 7.73. The van der Waals surface area contributed by atoms with Crippen molar-refractivity contribution >= 4 is 23.4 Å². The Morgan fingerprint density at radius 1 is 1.26 bits per heavy atom. The summed E-state index contributed by atoms with van der Waals surface area (Å²) in [6.07, 6.45) is 1.51. The Bertz CT molecular complexity index is 718. The first kappa shape index (κ1) is 15.3. The van der Waals surface area contributed by atoms with Gasteiger partial charge in [-0.15, -0.1) is 0 Å². The van der Waals surface area contributed by atoms with E-state index in [4.69, 9.17) is 0 Å². The highest BCUT2D eigenvalue weighted by molar-refractivity contribution is 5.79. The first-order chi connectivity index (χ1) is 11.1. The molecule has 1 aliphatic rings. The van der Waals surface area contributed by atoms with Crippen molar-refractivity contribution in [3.05, 3.63) is 41.6 Å². The minimum atomic E-state index is -0.796. The van der Waals surface area contributed by atoms with Crippen molar-refractivity contribution in [2.45, 2.75) is 32.7 Å². The van der Waals surface area contributed by atoms with Gasteiger partial charge in [-0.3, -0.25) is 0 Å². The van der Waals surface area contributed by atoms with Gasteiger partial charge in [-0.25, -0.2) is 9.78 Å². The van der Waals surface area contributed by atoms with Gasteiger partial charge >= 0.3 is 5.97 Å². The normalized spacial score (nSPS) is 17.3. The lowest BCUT2D eigenvalue weighted by molar-refractivity contribution is -0.138. The van der Waals surface area contributed by atoms with Gasteiger partial charge in [0.25, 0.3) is 0 Å². The quantitative estimate of drug-likeness (QED) is 0.904. The van der Waals surface area contributed by atoms with Gasteiger partial charge in [0.15, 0.2) is 0 Å². The number of hydrogen-bond acceptors (Lipinski definition) is 5. The molecule has 1 unspecified atom stereocenters. The summed E-state index contributed by atoms with van der Waals surface area (Å²) in [6, 6.07) is 9.19. The van der Waals surface area contributed by atoms with Crippen LogP contribution in [0.2, 0.25) is 0 Å². The van der Waals surface area contributed by atoms with Crippen LogP contribution in [-0.4, -0.2) is 33.6 Å². The molecule has 0 aliphatic carbocycles. The molecular formula is C17H20N4O2. The van der Waals surface area contributed by atoms with Crippen LogP contribution in [0.25, 0.3) is 0 Å². The number of anilines is 3. The molecule has 23 heavy (non-hydrogen) atoms. The van der Waals surface area contributed by atoms with E-state index in [1.54, 1.807) is 0 Å². The fourth-order valence-corrected chi connectivity index (χ4v) is 2.88. The van der Waals surface area contributed by atoms with Crippen molar-refractivity contribution in [1.82, 2.24) is 9.97 Å². The van der Waals surface area contributed by atoms with Crippen LogP contribution in [0.3, 0.4) is 0 Å². The van der Waals surface area contributed by atoms with E-state index in [0.29, 0.717) is 24.7 Å². The average molecular weight is 312 g/mol. The highest BCUT2D eigenvalue weighted by atomic mass is 16.4. The molecule has 1 atom stereocenters. The molecule has 6 heteroatoms. The van der Waals surface area contributed by atoms with E-state index in [-0.39, 0.29) is 0 Å². The van der Waals surface area contributed by atoms with E-state index in [1.165, 1.54) is 0 Å². The average Bonchev–Trinajstić information content (AvgIpc) is 3.01. The van der Waals surface area contributed by atoms with Crippen molar-refractivity contribution in [1.29, 1.82) is 0 Å². The van der Waals surface area contributed by atoms with Crippen LogP contribution in [0, 0.1) is 13.8 Å². The fourth-order valence-electron chi connectivity index (χ4n) is 2.88. The summed E-state index contributed by atoms with van der Waals surface area (Å²) in [5.74, 6) is 0.405. The van der Waals surface area contributed by atoms with Gasteiger partial charge in [-0.1, -0.05) is 18.2 Å². The number of rotatable bonds is 4. The van der Waals surface area contributed by atoms with Gasteiger partial charge in [-0.2, -0.15) is 4.98 Å². The van der Waals surface area contributed by atoms with E-state index in [1.807, 2.05) is 49.1 Å². The zero-order valence-corrected chi connectivity index (χ0v) is 13.3. The summed E-state index contributed by atoms with van der Waals surface area (Å²) < 4.78 is 0. The van der Waals surface area contributed by atoms with Crippen LogP contribution in [0.1, 0.15) is 24.1 Å². The number of hydrogen-bond donors (Lipinski definition) is 2. The van der Waals surface area contributed by atoms with Gasteiger partial charge in [-0.05, 0) is 38.8 Å². The summed E-state index contributed by atoms with van der Waals surface area (Å²) in [6.45, 7) is 4.57. The van der Waals surface area contributed by atoms with Gasteiger partial charge in [0.1, 0.15) is 11.9 Å². The summed E-state index contributed by atoms with van der Waals surface area (Å²) in [7, 11) is 0. The summed E-state index contributed by atoms with van der Waals surface area (Å²) in [5.41, 5.74) is 2.68. The lowest BCUT2D eigenvalue weighted by Gasteiger charge is -2.25. The van der Waals surface area contributed by atoms with E-state index in [0.717, 1.165) is 23.4 Å². The minimum absolute atomic E-state index is 0.491. The molecule has 2 N–H and O–H groups in total. The van der Waals surface area contributed by atoms with Crippen molar-refractivity contribution in [2.24, 2.45) is 0 Å². The Morgan fingerprint density at radius 3 is 2.70 bits per heavy atom. The fraction of sp³-hybridized carbons (Fsp3) is 0.353. The number of carbonyl (C=O) groups is 1. The molecule has 3 rings (SSSR count). The van der Waals surface area contributed by atoms with Crippen LogP contribution in [0.4, 0.5) is 17.5 Å². The van der Waals surface area contributed by atoms with Crippen LogP contribution in [0.5, 0.6) is 0 Å². The number of benzene rings is 1. The van der Waals surface area contributed by atoms with E-state index < -0.39 is 12.0 Å². The molecule has 1 aromatic heterocycles. The topological polar surface area (TPSA) is 78.4 Å². The van der Waals surface area contributed by atoms with Gasteiger partial charge in [0.05, 0.1) is 0 Å². The number of nitrogens with zero attached hydrogens (tertiary/aromatic N) is 3. The maximum absolute atomic E-state index is 11.5. The maximum atomic E-state index is 11.5. The second-order valence-electron chi connectivity index (χ2n) is 5.76. The predicted molar refractivity (Wildman–Crippen MR) is 89.2 cm³/mol. The number of nitrogens with one attached hydrogen (secondary N) is 1. The molecule has 0 saturated carbocycles. The highest BCUT2D eigenvalue weighted by Gasteiger charge is 2.32. The Hall–Kier alpha value is -2.63. The van der Waals surface area contributed by atoms with Gasteiger partial charge < -0.3 is 15.3 Å². The molecule has 1 saturated heterocycles. The molecule has 0 bridgehead atoms. The molecule has 0 radical (unpaired) electrons. The Morgan fingerprint density at radius 2 is 2.00 bits per heavy atom. The van der Waals surface area contributed by atoms with Crippen LogP contribution >= 0.6 is 0 Å². The summed E-state index contributed by atoms with van der Waals surface area (Å²) >= 11 is 0. The number of aromatic nitrogens is 2. The third-order valence-electron chi connectivity index (χ3n) is 4.20. The van der Waals surface area contributed by atoms with Crippen molar-refractivity contribution < 1.29 is 9.90 Å². The molecule has 120 valence electrons. The molecular weight excluding hydrogens is 292 g/mol. The standard InChI is InChI=1S/C17H20N4O2/c1-11-12(2)18-17(19-13-7-4-3-5-8-13)20-15(11)21-10-6-9-14(21)16(22)23/h3-5,7-8,14H,6,9-10H2,1-2H3,(H,22,23)(H,18,19,20).